The summed E-state index contributed by atoms with van der Waals surface area (Å²) in [4.78, 5) is 14.7. The number of hydrogen-bond acceptors (Lipinski definition) is 3. The maximum absolute atomic E-state index is 12.0. The van der Waals surface area contributed by atoms with Gasteiger partial charge >= 0.3 is 0 Å². The fourth-order valence-electron chi connectivity index (χ4n) is 4.45. The van der Waals surface area contributed by atoms with E-state index in [-0.39, 0.29) is 11.7 Å². The number of hydrogen-bond donors (Lipinski definition) is 0. The zero-order chi connectivity index (χ0) is 22.2. The van der Waals surface area contributed by atoms with Crippen LogP contribution in [0.2, 0.25) is 0 Å². The highest BCUT2D eigenvalue weighted by atomic mass is 16.1. The molecule has 0 atom stereocenters. The Hall–Kier alpha value is -1.94. The van der Waals surface area contributed by atoms with E-state index in [9.17, 15) is 4.79 Å². The number of Topliss-reactive ketones (excluding diaryl/α,β-unsaturated/α-hetero) is 1. The first-order chi connectivity index (χ1) is 14.9. The van der Waals surface area contributed by atoms with Gasteiger partial charge in [-0.25, -0.2) is 0 Å². The first-order valence-corrected chi connectivity index (χ1v) is 12.3. The third-order valence-corrected chi connectivity index (χ3v) is 6.67. The van der Waals surface area contributed by atoms with Crippen LogP contribution in [0.25, 0.3) is 0 Å². The smallest absolute Gasteiger partial charge is 0.165 e. The van der Waals surface area contributed by atoms with E-state index in [0.29, 0.717) is 5.92 Å². The third kappa shape index (κ3) is 7.31. The first-order valence-electron chi connectivity index (χ1n) is 12.3. The minimum atomic E-state index is 0.0687. The first kappa shape index (κ1) is 23.7. The SMILES string of the molecule is CC(C)C(=O)c1ccc(CCCCCN2CCC(Cn3cc(C(C)C)cn3)CC2)cc1. The van der Waals surface area contributed by atoms with Gasteiger partial charge in [0.25, 0.3) is 0 Å². The fraction of sp³-hybridized carbons (Fsp3) is 0.630. The lowest BCUT2D eigenvalue weighted by molar-refractivity contribution is 0.0939. The van der Waals surface area contributed by atoms with E-state index in [1.165, 1.54) is 62.9 Å². The molecule has 31 heavy (non-hydrogen) atoms. The van der Waals surface area contributed by atoms with Crippen LogP contribution in [0, 0.1) is 11.8 Å². The van der Waals surface area contributed by atoms with Gasteiger partial charge in [0.05, 0.1) is 6.20 Å². The number of piperidine rings is 1. The summed E-state index contributed by atoms with van der Waals surface area (Å²) in [6.07, 6.45) is 11.7. The van der Waals surface area contributed by atoms with Crippen molar-refractivity contribution in [2.45, 2.75) is 78.7 Å². The molecule has 0 radical (unpaired) electrons. The Kier molecular flexibility index (Phi) is 8.89. The molecule has 1 aromatic carbocycles. The van der Waals surface area contributed by atoms with Crippen molar-refractivity contribution in [3.05, 3.63) is 53.3 Å². The zero-order valence-corrected chi connectivity index (χ0v) is 20.0. The van der Waals surface area contributed by atoms with E-state index in [0.717, 1.165) is 24.4 Å². The van der Waals surface area contributed by atoms with Crippen LogP contribution in [0.1, 0.15) is 87.2 Å². The topological polar surface area (TPSA) is 38.1 Å². The predicted molar refractivity (Wildman–Crippen MR) is 129 cm³/mol. The highest BCUT2D eigenvalue weighted by Gasteiger charge is 2.19. The molecule has 0 aliphatic carbocycles. The molecule has 3 rings (SSSR count). The number of ketones is 1. The van der Waals surface area contributed by atoms with Crippen LogP contribution in [0.15, 0.2) is 36.7 Å². The Morgan fingerprint density at radius 2 is 1.74 bits per heavy atom. The van der Waals surface area contributed by atoms with Crippen molar-refractivity contribution in [1.82, 2.24) is 14.7 Å². The Morgan fingerprint density at radius 3 is 2.35 bits per heavy atom. The van der Waals surface area contributed by atoms with E-state index in [1.54, 1.807) is 0 Å². The molecule has 170 valence electrons. The second-order valence-corrected chi connectivity index (χ2v) is 9.96. The second-order valence-electron chi connectivity index (χ2n) is 9.96. The predicted octanol–water partition coefficient (Wildman–Crippen LogP) is 5.97. The number of nitrogens with zero attached hydrogens (tertiary/aromatic N) is 3. The summed E-state index contributed by atoms with van der Waals surface area (Å²) in [7, 11) is 0. The van der Waals surface area contributed by atoms with Gasteiger partial charge in [-0.2, -0.15) is 5.10 Å². The monoisotopic (exact) mass is 423 g/mol. The molecule has 1 aliphatic rings. The molecular weight excluding hydrogens is 382 g/mol. The van der Waals surface area contributed by atoms with Gasteiger partial charge in [-0.15, -0.1) is 0 Å². The summed E-state index contributed by atoms with van der Waals surface area (Å²) < 4.78 is 2.15. The van der Waals surface area contributed by atoms with Crippen LogP contribution in [0.4, 0.5) is 0 Å². The summed E-state index contributed by atoms with van der Waals surface area (Å²) in [5, 5.41) is 4.55. The molecule has 2 aromatic rings. The Bertz CT molecular complexity index is 798. The minimum absolute atomic E-state index is 0.0687. The average molecular weight is 424 g/mol. The van der Waals surface area contributed by atoms with Crippen molar-refractivity contribution in [2.24, 2.45) is 11.8 Å². The molecule has 0 unspecified atom stereocenters. The number of carbonyl (C=O) groups is 1. The molecule has 4 heteroatoms. The Labute approximate surface area is 189 Å². The third-order valence-electron chi connectivity index (χ3n) is 6.67. The maximum atomic E-state index is 12.0. The standard InChI is InChI=1S/C27H41N3O/c1-21(2)26-18-28-30(20-26)19-24-13-16-29(17-14-24)15-7-5-6-8-23-9-11-25(12-10-23)27(31)22(3)4/h9-12,18,20-22,24H,5-8,13-17,19H2,1-4H3. The molecule has 2 heterocycles. The van der Waals surface area contributed by atoms with Gasteiger partial charge in [-0.1, -0.05) is 58.4 Å². The number of benzene rings is 1. The maximum Gasteiger partial charge on any atom is 0.165 e. The zero-order valence-electron chi connectivity index (χ0n) is 20.0. The number of likely N-dealkylation sites (tertiary alicyclic amines) is 1. The van der Waals surface area contributed by atoms with Crippen LogP contribution in [0.5, 0.6) is 0 Å². The van der Waals surface area contributed by atoms with E-state index < -0.39 is 0 Å². The van der Waals surface area contributed by atoms with Crippen LogP contribution in [-0.4, -0.2) is 40.1 Å². The van der Waals surface area contributed by atoms with E-state index >= 15 is 0 Å². The number of aromatic nitrogens is 2. The molecule has 0 spiro atoms. The summed E-state index contributed by atoms with van der Waals surface area (Å²) >= 11 is 0. The lowest BCUT2D eigenvalue weighted by atomic mass is 9.96. The summed E-state index contributed by atoms with van der Waals surface area (Å²) in [6.45, 7) is 13.1. The van der Waals surface area contributed by atoms with Gasteiger partial charge in [0.2, 0.25) is 0 Å². The molecule has 0 saturated carbocycles. The van der Waals surface area contributed by atoms with Crippen LogP contribution in [0.3, 0.4) is 0 Å². The molecule has 0 N–H and O–H groups in total. The van der Waals surface area contributed by atoms with Crippen molar-refractivity contribution in [2.75, 3.05) is 19.6 Å². The van der Waals surface area contributed by atoms with E-state index in [4.69, 9.17) is 0 Å². The lowest BCUT2D eigenvalue weighted by Gasteiger charge is -2.31. The minimum Gasteiger partial charge on any atom is -0.303 e. The molecule has 1 aliphatic heterocycles. The molecule has 1 fully saturated rings. The summed E-state index contributed by atoms with van der Waals surface area (Å²) in [5.74, 6) is 1.63. The van der Waals surface area contributed by atoms with Crippen molar-refractivity contribution < 1.29 is 4.79 Å². The van der Waals surface area contributed by atoms with Gasteiger partial charge in [-0.3, -0.25) is 9.48 Å². The molecule has 0 bridgehead atoms. The highest BCUT2D eigenvalue weighted by Crippen LogP contribution is 2.21. The molecule has 0 amide bonds. The quantitative estimate of drug-likeness (QED) is 0.330. The average Bonchev–Trinajstić information content (AvgIpc) is 3.23. The van der Waals surface area contributed by atoms with Gasteiger partial charge < -0.3 is 4.90 Å². The fourth-order valence-corrected chi connectivity index (χ4v) is 4.45. The van der Waals surface area contributed by atoms with Crippen LogP contribution >= 0.6 is 0 Å². The van der Waals surface area contributed by atoms with Gasteiger partial charge in [0.15, 0.2) is 5.78 Å². The Balaban J connectivity index is 1.28. The summed E-state index contributed by atoms with van der Waals surface area (Å²) in [5.41, 5.74) is 3.54. The number of carbonyl (C=O) groups excluding carboxylic acids is 1. The Morgan fingerprint density at radius 1 is 1.03 bits per heavy atom. The second kappa shape index (κ2) is 11.6. The van der Waals surface area contributed by atoms with Crippen molar-refractivity contribution in [3.8, 4) is 0 Å². The number of aryl methyl sites for hydroxylation is 1. The van der Waals surface area contributed by atoms with Crippen LogP contribution < -0.4 is 0 Å². The summed E-state index contributed by atoms with van der Waals surface area (Å²) in [6, 6.07) is 8.25. The van der Waals surface area contributed by atoms with Gasteiger partial charge in [0, 0.05) is 24.2 Å². The van der Waals surface area contributed by atoms with Crippen molar-refractivity contribution >= 4 is 5.78 Å². The molecule has 1 saturated heterocycles. The van der Waals surface area contributed by atoms with Crippen LogP contribution in [-0.2, 0) is 13.0 Å². The number of rotatable bonds is 11. The molecule has 1 aromatic heterocycles. The largest absolute Gasteiger partial charge is 0.303 e. The normalized spacial score (nSPS) is 15.8. The van der Waals surface area contributed by atoms with Crippen molar-refractivity contribution in [3.63, 3.8) is 0 Å². The van der Waals surface area contributed by atoms with Gasteiger partial charge in [-0.05, 0) is 74.7 Å². The highest BCUT2D eigenvalue weighted by molar-refractivity contribution is 5.97. The van der Waals surface area contributed by atoms with E-state index in [1.807, 2.05) is 32.2 Å². The molecule has 4 nitrogen and oxygen atoms in total. The molecular formula is C27H41N3O. The van der Waals surface area contributed by atoms with Gasteiger partial charge in [0.1, 0.15) is 0 Å². The lowest BCUT2D eigenvalue weighted by Crippen LogP contribution is -2.35. The van der Waals surface area contributed by atoms with E-state index in [2.05, 4.69) is 46.9 Å². The number of unbranched alkanes of at least 4 members (excludes halogenated alkanes) is 2. The van der Waals surface area contributed by atoms with Crippen molar-refractivity contribution in [1.29, 1.82) is 0 Å².